The van der Waals surface area contributed by atoms with Gasteiger partial charge in [-0.05, 0) is 6.42 Å². The second-order valence-corrected chi connectivity index (χ2v) is 2.48. The highest BCUT2D eigenvalue weighted by molar-refractivity contribution is 7.78. The summed E-state index contributed by atoms with van der Waals surface area (Å²) in [6.45, 7) is 0.589. The van der Waals surface area contributed by atoms with Gasteiger partial charge in [0.15, 0.2) is 0 Å². The van der Waals surface area contributed by atoms with Gasteiger partial charge >= 0.3 is 0 Å². The quantitative estimate of drug-likeness (QED) is 0.317. The van der Waals surface area contributed by atoms with Crippen LogP contribution in [0.2, 0.25) is 0 Å². The lowest BCUT2D eigenvalue weighted by Crippen LogP contribution is -2.18. The van der Waals surface area contributed by atoms with Crippen LogP contribution in [-0.4, -0.2) is 23.0 Å². The fraction of sp³-hybridized carbons (Fsp3) is 0.600. The highest BCUT2D eigenvalue weighted by atomic mass is 32.1. The number of hydrogen-bond acceptors (Lipinski definition) is 3. The van der Waals surface area contributed by atoms with E-state index in [0.29, 0.717) is 19.3 Å². The van der Waals surface area contributed by atoms with E-state index >= 15 is 0 Å². The molecule has 0 N–H and O–H groups in total. The van der Waals surface area contributed by atoms with Crippen molar-refractivity contribution in [3.8, 4) is 0 Å². The summed E-state index contributed by atoms with van der Waals surface area (Å²) in [6, 6.07) is 0. The molecule has 1 amide bonds. The summed E-state index contributed by atoms with van der Waals surface area (Å²) in [5.74, 6) is -0.601. The molecule has 0 aliphatic carbocycles. The molecule has 0 bridgehead atoms. The Morgan fingerprint density at radius 3 is 2.67 bits per heavy atom. The minimum Gasteiger partial charge on any atom is -0.303 e. The highest BCUT2D eigenvalue weighted by Gasteiger charge is 2.28. The number of aldehydes is 1. The van der Waals surface area contributed by atoms with Gasteiger partial charge in [0.25, 0.3) is 0 Å². The number of carbonyl (C=O) groups excluding carboxylic acids is 2. The minimum atomic E-state index is -0.428. The second kappa shape index (κ2) is 2.39. The molecule has 1 atom stereocenters. The lowest BCUT2D eigenvalue weighted by atomic mass is 10.1. The zero-order chi connectivity index (χ0) is 6.85. The molecule has 0 aromatic rings. The molecule has 0 unspecified atom stereocenters. The molecular weight excluding hydrogens is 138 g/mol. The zero-order valence-electron chi connectivity index (χ0n) is 4.78. The number of amides is 1. The van der Waals surface area contributed by atoms with Gasteiger partial charge in [0, 0.05) is 6.54 Å². The molecule has 0 aromatic carbocycles. The van der Waals surface area contributed by atoms with Crippen molar-refractivity contribution < 1.29 is 9.59 Å². The van der Waals surface area contributed by atoms with Crippen molar-refractivity contribution >= 4 is 25.0 Å². The van der Waals surface area contributed by atoms with Gasteiger partial charge in [-0.1, -0.05) is 12.8 Å². The Kier molecular flexibility index (Phi) is 1.75. The average Bonchev–Trinajstić information content (AvgIpc) is 2.15. The van der Waals surface area contributed by atoms with E-state index < -0.39 is 5.92 Å². The molecule has 1 aliphatic heterocycles. The van der Waals surface area contributed by atoms with E-state index in [-0.39, 0.29) is 5.91 Å². The first kappa shape index (κ1) is 6.61. The van der Waals surface area contributed by atoms with Gasteiger partial charge in [0.1, 0.15) is 6.29 Å². The van der Waals surface area contributed by atoms with Gasteiger partial charge in [-0.15, -0.1) is 0 Å². The monoisotopic (exact) mass is 145 g/mol. The summed E-state index contributed by atoms with van der Waals surface area (Å²) in [5, 5.41) is 0. The molecule has 50 valence electrons. The van der Waals surface area contributed by atoms with E-state index in [9.17, 15) is 9.59 Å². The van der Waals surface area contributed by atoms with Gasteiger partial charge in [0.05, 0.1) is 5.92 Å². The van der Waals surface area contributed by atoms with Crippen molar-refractivity contribution in [2.45, 2.75) is 6.42 Å². The predicted octanol–water partition coefficient (Wildman–Crippen LogP) is -0.121. The first-order valence-electron chi connectivity index (χ1n) is 2.71. The van der Waals surface area contributed by atoms with Crippen LogP contribution in [0, 0.1) is 5.92 Å². The summed E-state index contributed by atoms with van der Waals surface area (Å²) in [7, 11) is 0. The third-order valence-corrected chi connectivity index (χ3v) is 1.78. The Morgan fingerprint density at radius 1 is 1.78 bits per heavy atom. The van der Waals surface area contributed by atoms with Gasteiger partial charge in [-0.2, -0.15) is 0 Å². The molecule has 1 rings (SSSR count). The Morgan fingerprint density at radius 2 is 2.44 bits per heavy atom. The summed E-state index contributed by atoms with van der Waals surface area (Å²) in [5.41, 5.74) is 0. The molecule has 0 aromatic heterocycles. The number of nitrogens with zero attached hydrogens (tertiary/aromatic N) is 1. The molecular formula is C5H7NO2S. The maximum Gasteiger partial charge on any atom is 0.242 e. The number of carbonyl (C=O) groups is 2. The molecule has 1 saturated heterocycles. The van der Waals surface area contributed by atoms with E-state index in [1.54, 1.807) is 0 Å². The Balaban J connectivity index is 2.61. The van der Waals surface area contributed by atoms with Crippen molar-refractivity contribution in [2.24, 2.45) is 5.92 Å². The maximum atomic E-state index is 10.8. The standard InChI is InChI=1S/C5H7NO2S/c7-3-4-1-2-6(9)5(4)8/h3-4,9H,1-2H2/t4-/m0/s1. The molecule has 0 saturated carbocycles. The largest absolute Gasteiger partial charge is 0.303 e. The third-order valence-electron chi connectivity index (χ3n) is 1.39. The van der Waals surface area contributed by atoms with Gasteiger partial charge in [0.2, 0.25) is 5.91 Å². The molecule has 1 aliphatic rings. The predicted molar refractivity (Wildman–Crippen MR) is 34.9 cm³/mol. The van der Waals surface area contributed by atoms with Crippen molar-refractivity contribution in [3.63, 3.8) is 0 Å². The van der Waals surface area contributed by atoms with Crippen LogP contribution in [0.3, 0.4) is 0 Å². The summed E-state index contributed by atoms with van der Waals surface area (Å²) in [4.78, 5) is 20.8. The topological polar surface area (TPSA) is 37.4 Å². The van der Waals surface area contributed by atoms with E-state index in [4.69, 9.17) is 0 Å². The fourth-order valence-electron chi connectivity index (χ4n) is 0.813. The Hall–Kier alpha value is -0.510. The number of hydrogen-bond donors (Lipinski definition) is 1. The van der Waals surface area contributed by atoms with Gasteiger partial charge in [-0.25, -0.2) is 0 Å². The molecule has 9 heavy (non-hydrogen) atoms. The summed E-state index contributed by atoms with van der Waals surface area (Å²) >= 11 is 3.83. The smallest absolute Gasteiger partial charge is 0.242 e. The van der Waals surface area contributed by atoms with Crippen LogP contribution in [0.25, 0.3) is 0 Å². The number of rotatable bonds is 1. The Bertz CT molecular complexity index is 148. The van der Waals surface area contributed by atoms with Crippen LogP contribution in [-0.2, 0) is 9.59 Å². The fourth-order valence-corrected chi connectivity index (χ4v) is 1.08. The first-order chi connectivity index (χ1) is 4.25. The second-order valence-electron chi connectivity index (χ2n) is 1.99. The van der Waals surface area contributed by atoms with Gasteiger partial charge < -0.3 is 4.79 Å². The third kappa shape index (κ3) is 1.08. The lowest BCUT2D eigenvalue weighted by molar-refractivity contribution is -0.129. The summed E-state index contributed by atoms with van der Waals surface area (Å²) < 4.78 is 1.28. The van der Waals surface area contributed by atoms with Crippen molar-refractivity contribution in [3.05, 3.63) is 0 Å². The van der Waals surface area contributed by atoms with E-state index in [1.165, 1.54) is 4.31 Å². The average molecular weight is 145 g/mol. The van der Waals surface area contributed by atoms with Crippen LogP contribution >= 0.6 is 12.8 Å². The summed E-state index contributed by atoms with van der Waals surface area (Å²) in [6.07, 6.45) is 1.30. The van der Waals surface area contributed by atoms with Crippen molar-refractivity contribution in [1.29, 1.82) is 0 Å². The van der Waals surface area contributed by atoms with E-state index in [2.05, 4.69) is 12.8 Å². The highest BCUT2D eigenvalue weighted by Crippen LogP contribution is 2.16. The van der Waals surface area contributed by atoms with Gasteiger partial charge in [-0.3, -0.25) is 9.10 Å². The molecule has 1 fully saturated rings. The normalized spacial score (nSPS) is 27.0. The maximum absolute atomic E-state index is 10.8. The Labute approximate surface area is 58.6 Å². The van der Waals surface area contributed by atoms with Crippen LogP contribution in [0.1, 0.15) is 6.42 Å². The molecule has 3 nitrogen and oxygen atoms in total. The SMILES string of the molecule is O=C[C@@H]1CCN(S)C1=O. The first-order valence-corrected chi connectivity index (χ1v) is 3.11. The van der Waals surface area contributed by atoms with Crippen molar-refractivity contribution in [1.82, 2.24) is 4.31 Å². The lowest BCUT2D eigenvalue weighted by Gasteiger charge is -2.02. The molecule has 0 radical (unpaired) electrons. The molecule has 0 spiro atoms. The number of thiol groups is 1. The van der Waals surface area contributed by atoms with Crippen LogP contribution in [0.5, 0.6) is 0 Å². The zero-order valence-corrected chi connectivity index (χ0v) is 5.67. The van der Waals surface area contributed by atoms with Crippen LogP contribution in [0.15, 0.2) is 0 Å². The molecule has 1 heterocycles. The van der Waals surface area contributed by atoms with E-state index in [0.717, 1.165) is 0 Å². The molecule has 4 heteroatoms. The van der Waals surface area contributed by atoms with Crippen LogP contribution in [0.4, 0.5) is 0 Å². The van der Waals surface area contributed by atoms with Crippen molar-refractivity contribution in [2.75, 3.05) is 6.54 Å². The minimum absolute atomic E-state index is 0.173. The van der Waals surface area contributed by atoms with E-state index in [1.807, 2.05) is 0 Å². The van der Waals surface area contributed by atoms with Crippen LogP contribution < -0.4 is 0 Å².